The van der Waals surface area contributed by atoms with Crippen molar-refractivity contribution in [3.05, 3.63) is 0 Å². The Morgan fingerprint density at radius 3 is 2.29 bits per heavy atom. The summed E-state index contributed by atoms with van der Waals surface area (Å²) < 4.78 is 0. The quantitative estimate of drug-likeness (QED) is 0.503. The molecule has 1 unspecified atom stereocenters. The van der Waals surface area contributed by atoms with E-state index in [-0.39, 0.29) is 6.04 Å². The molecule has 0 aliphatic carbocycles. The lowest BCUT2D eigenvalue weighted by atomic mass is 10.1. The Labute approximate surface area is 105 Å². The number of hydrogen-bond acceptors (Lipinski definition) is 4. The third kappa shape index (κ3) is 4.61. The summed E-state index contributed by atoms with van der Waals surface area (Å²) >= 11 is 0. The van der Waals surface area contributed by atoms with Crippen molar-refractivity contribution in [3.63, 3.8) is 0 Å². The number of rotatable bonds is 6. The second kappa shape index (κ2) is 6.93. The van der Waals surface area contributed by atoms with E-state index in [9.17, 15) is 0 Å². The highest BCUT2D eigenvalue weighted by molar-refractivity contribution is 5.82. The molecule has 0 aromatic heterocycles. The molecule has 0 radical (unpaired) electrons. The Morgan fingerprint density at radius 1 is 1.29 bits per heavy atom. The first-order chi connectivity index (χ1) is 8.04. The maximum atomic E-state index is 7.59. The van der Waals surface area contributed by atoms with Crippen LogP contribution in [0.2, 0.25) is 0 Å². The molecular formula is C12H27N5. The SMILES string of the molecule is CCC(C(=N)N)N1CCN(CCN(C)C)CC1. The van der Waals surface area contributed by atoms with Crippen LogP contribution < -0.4 is 5.73 Å². The Balaban J connectivity index is 2.32. The van der Waals surface area contributed by atoms with E-state index < -0.39 is 0 Å². The fourth-order valence-corrected chi connectivity index (χ4v) is 2.31. The van der Waals surface area contributed by atoms with Crippen molar-refractivity contribution in [1.29, 1.82) is 5.41 Å². The number of amidine groups is 1. The van der Waals surface area contributed by atoms with E-state index in [0.717, 1.165) is 45.7 Å². The van der Waals surface area contributed by atoms with Gasteiger partial charge in [-0.1, -0.05) is 6.92 Å². The molecule has 1 heterocycles. The molecule has 5 nitrogen and oxygen atoms in total. The van der Waals surface area contributed by atoms with Crippen LogP contribution in [-0.2, 0) is 0 Å². The Bertz CT molecular complexity index is 233. The largest absolute Gasteiger partial charge is 0.386 e. The summed E-state index contributed by atoms with van der Waals surface area (Å²) in [6.07, 6.45) is 0.938. The first kappa shape index (κ1) is 14.4. The Morgan fingerprint density at radius 2 is 1.88 bits per heavy atom. The van der Waals surface area contributed by atoms with Gasteiger partial charge in [-0.3, -0.25) is 15.2 Å². The molecule has 0 aromatic rings. The van der Waals surface area contributed by atoms with Gasteiger partial charge in [0.05, 0.1) is 6.04 Å². The number of nitrogens with two attached hydrogens (primary N) is 1. The van der Waals surface area contributed by atoms with E-state index in [4.69, 9.17) is 11.1 Å². The van der Waals surface area contributed by atoms with Crippen molar-refractivity contribution in [2.45, 2.75) is 19.4 Å². The molecule has 0 spiro atoms. The Kier molecular flexibility index (Phi) is 5.88. The van der Waals surface area contributed by atoms with Crippen molar-refractivity contribution < 1.29 is 0 Å². The minimum absolute atomic E-state index is 0.144. The third-order valence-corrected chi connectivity index (χ3v) is 3.46. The van der Waals surface area contributed by atoms with E-state index in [1.54, 1.807) is 0 Å². The molecule has 0 bridgehead atoms. The highest BCUT2D eigenvalue weighted by atomic mass is 15.3. The van der Waals surface area contributed by atoms with E-state index in [1.165, 1.54) is 0 Å². The van der Waals surface area contributed by atoms with Gasteiger partial charge in [-0.2, -0.15) is 0 Å². The van der Waals surface area contributed by atoms with Gasteiger partial charge in [0, 0.05) is 39.3 Å². The summed E-state index contributed by atoms with van der Waals surface area (Å²) in [5.41, 5.74) is 5.63. The van der Waals surface area contributed by atoms with Crippen molar-refractivity contribution in [3.8, 4) is 0 Å². The second-order valence-electron chi connectivity index (χ2n) is 5.06. The van der Waals surface area contributed by atoms with Crippen molar-refractivity contribution in [1.82, 2.24) is 14.7 Å². The van der Waals surface area contributed by atoms with Crippen molar-refractivity contribution in [2.75, 3.05) is 53.4 Å². The molecule has 1 rings (SSSR count). The van der Waals surface area contributed by atoms with Gasteiger partial charge in [0.2, 0.25) is 0 Å². The fraction of sp³-hybridized carbons (Fsp3) is 0.917. The molecule has 1 atom stereocenters. The molecule has 0 saturated carbocycles. The summed E-state index contributed by atoms with van der Waals surface area (Å²) in [4.78, 5) is 7.05. The zero-order valence-corrected chi connectivity index (χ0v) is 11.4. The molecule has 0 amide bonds. The van der Waals surface area contributed by atoms with Gasteiger partial charge in [0.15, 0.2) is 0 Å². The number of likely N-dealkylation sites (N-methyl/N-ethyl adjacent to an activating group) is 1. The molecule has 1 aliphatic rings. The number of nitrogens with one attached hydrogen (secondary N) is 1. The van der Waals surface area contributed by atoms with Gasteiger partial charge in [0.25, 0.3) is 0 Å². The van der Waals surface area contributed by atoms with Crippen LogP contribution in [0.3, 0.4) is 0 Å². The monoisotopic (exact) mass is 241 g/mol. The predicted molar refractivity (Wildman–Crippen MR) is 72.6 cm³/mol. The van der Waals surface area contributed by atoms with Crippen LogP contribution in [0, 0.1) is 5.41 Å². The summed E-state index contributed by atoms with van der Waals surface area (Å²) in [6, 6.07) is 0.144. The molecule has 0 aromatic carbocycles. The lowest BCUT2D eigenvalue weighted by Crippen LogP contribution is -2.54. The van der Waals surface area contributed by atoms with Crippen molar-refractivity contribution in [2.24, 2.45) is 5.73 Å². The predicted octanol–water partition coefficient (Wildman–Crippen LogP) is -0.120. The summed E-state index contributed by atoms with van der Waals surface area (Å²) in [5.74, 6) is 0.314. The third-order valence-electron chi connectivity index (χ3n) is 3.46. The topological polar surface area (TPSA) is 59.6 Å². The standard InChI is InChI=1S/C12H27N5/c1-4-11(12(13)14)17-9-7-16(8-10-17)6-5-15(2)3/h11H,4-10H2,1-3H3,(H3,13,14). The minimum atomic E-state index is 0.144. The average molecular weight is 241 g/mol. The summed E-state index contributed by atoms with van der Waals surface area (Å²) in [5, 5.41) is 7.59. The summed E-state index contributed by atoms with van der Waals surface area (Å²) in [7, 11) is 4.22. The fourth-order valence-electron chi connectivity index (χ4n) is 2.31. The average Bonchev–Trinajstić information content (AvgIpc) is 2.28. The van der Waals surface area contributed by atoms with Crippen LogP contribution in [0.25, 0.3) is 0 Å². The smallest absolute Gasteiger partial charge is 0.108 e. The lowest BCUT2D eigenvalue weighted by Gasteiger charge is -2.38. The maximum Gasteiger partial charge on any atom is 0.108 e. The second-order valence-corrected chi connectivity index (χ2v) is 5.06. The molecule has 3 N–H and O–H groups in total. The zero-order valence-electron chi connectivity index (χ0n) is 11.4. The van der Waals surface area contributed by atoms with Gasteiger partial charge in [-0.25, -0.2) is 0 Å². The van der Waals surface area contributed by atoms with Crippen LogP contribution in [0.5, 0.6) is 0 Å². The molecule has 5 heteroatoms. The molecule has 1 saturated heterocycles. The van der Waals surface area contributed by atoms with Crippen LogP contribution >= 0.6 is 0 Å². The van der Waals surface area contributed by atoms with Gasteiger partial charge in [-0.05, 0) is 20.5 Å². The van der Waals surface area contributed by atoms with E-state index in [1.807, 2.05) is 0 Å². The van der Waals surface area contributed by atoms with Gasteiger partial charge in [-0.15, -0.1) is 0 Å². The van der Waals surface area contributed by atoms with Gasteiger partial charge < -0.3 is 10.6 Å². The Hall–Kier alpha value is -0.650. The highest BCUT2D eigenvalue weighted by Crippen LogP contribution is 2.09. The highest BCUT2D eigenvalue weighted by Gasteiger charge is 2.24. The first-order valence-electron chi connectivity index (χ1n) is 6.49. The van der Waals surface area contributed by atoms with E-state index in [2.05, 4.69) is 35.7 Å². The zero-order chi connectivity index (χ0) is 12.8. The number of hydrogen-bond donors (Lipinski definition) is 2. The van der Waals surface area contributed by atoms with E-state index in [0.29, 0.717) is 5.84 Å². The molecule has 1 fully saturated rings. The van der Waals surface area contributed by atoms with Crippen LogP contribution in [-0.4, -0.2) is 79.9 Å². The normalized spacial score (nSPS) is 20.7. The number of piperazine rings is 1. The minimum Gasteiger partial charge on any atom is -0.386 e. The number of nitrogens with zero attached hydrogens (tertiary/aromatic N) is 3. The van der Waals surface area contributed by atoms with Gasteiger partial charge in [0.1, 0.15) is 5.84 Å². The van der Waals surface area contributed by atoms with Crippen LogP contribution in [0.15, 0.2) is 0 Å². The molecule has 100 valence electrons. The summed E-state index contributed by atoms with van der Waals surface area (Å²) in [6.45, 7) is 8.61. The molecule has 1 aliphatic heterocycles. The van der Waals surface area contributed by atoms with Crippen LogP contribution in [0.1, 0.15) is 13.3 Å². The molecule has 17 heavy (non-hydrogen) atoms. The first-order valence-corrected chi connectivity index (χ1v) is 6.49. The maximum absolute atomic E-state index is 7.59. The van der Waals surface area contributed by atoms with E-state index >= 15 is 0 Å². The van der Waals surface area contributed by atoms with Crippen LogP contribution in [0.4, 0.5) is 0 Å². The molecular weight excluding hydrogens is 214 g/mol. The van der Waals surface area contributed by atoms with Gasteiger partial charge >= 0.3 is 0 Å². The lowest BCUT2D eigenvalue weighted by molar-refractivity contribution is 0.110. The van der Waals surface area contributed by atoms with Crippen molar-refractivity contribution >= 4 is 5.84 Å².